The third-order valence-electron chi connectivity index (χ3n) is 4.13. The van der Waals surface area contributed by atoms with E-state index in [0.717, 1.165) is 12.8 Å². The van der Waals surface area contributed by atoms with Gasteiger partial charge in [0.25, 0.3) is 0 Å². The van der Waals surface area contributed by atoms with Gasteiger partial charge in [-0.2, -0.15) is 0 Å². The second-order valence-corrected chi connectivity index (χ2v) is 5.77. The number of hydrogen-bond acceptors (Lipinski definition) is 3. The summed E-state index contributed by atoms with van der Waals surface area (Å²) in [4.78, 5) is 15.6. The van der Waals surface area contributed by atoms with Gasteiger partial charge in [-0.3, -0.25) is 9.69 Å². The average Bonchev–Trinajstić information content (AvgIpc) is 2.28. The first-order valence-corrected chi connectivity index (χ1v) is 6.53. The van der Waals surface area contributed by atoms with Crippen molar-refractivity contribution in [1.82, 2.24) is 9.80 Å². The first-order valence-electron chi connectivity index (χ1n) is 6.53. The van der Waals surface area contributed by atoms with Crippen molar-refractivity contribution in [2.45, 2.75) is 38.1 Å². The zero-order valence-corrected chi connectivity index (χ0v) is 11.7. The van der Waals surface area contributed by atoms with Crippen LogP contribution in [0.3, 0.4) is 0 Å². The Hall–Kier alpha value is -0.610. The van der Waals surface area contributed by atoms with E-state index in [0.29, 0.717) is 19.0 Å². The number of hydrogen-bond donors (Lipinski definition) is 1. The van der Waals surface area contributed by atoms with Crippen LogP contribution in [-0.4, -0.2) is 55.5 Å². The highest BCUT2D eigenvalue weighted by atomic mass is 16.2. The van der Waals surface area contributed by atoms with Crippen molar-refractivity contribution in [1.29, 1.82) is 0 Å². The SMILES string of the molecule is CC1CCCC(CN)(N(C)CC(=O)N(C)C)C1. The lowest BCUT2D eigenvalue weighted by Gasteiger charge is -2.46. The molecule has 2 N–H and O–H groups in total. The largest absolute Gasteiger partial charge is 0.348 e. The lowest BCUT2D eigenvalue weighted by molar-refractivity contribution is -0.131. The summed E-state index contributed by atoms with van der Waals surface area (Å²) in [7, 11) is 5.63. The van der Waals surface area contributed by atoms with Crippen LogP contribution in [0.15, 0.2) is 0 Å². The van der Waals surface area contributed by atoms with Crippen LogP contribution in [0.1, 0.15) is 32.6 Å². The third-order valence-corrected chi connectivity index (χ3v) is 4.13. The maximum Gasteiger partial charge on any atom is 0.236 e. The molecular formula is C13H27N3O. The van der Waals surface area contributed by atoms with Gasteiger partial charge in [0.1, 0.15) is 0 Å². The predicted molar refractivity (Wildman–Crippen MR) is 70.7 cm³/mol. The normalized spacial score (nSPS) is 29.4. The van der Waals surface area contributed by atoms with Crippen LogP contribution >= 0.6 is 0 Å². The van der Waals surface area contributed by atoms with E-state index < -0.39 is 0 Å². The third kappa shape index (κ3) is 3.42. The molecule has 2 atom stereocenters. The number of rotatable bonds is 4. The fourth-order valence-electron chi connectivity index (χ4n) is 2.83. The topological polar surface area (TPSA) is 49.6 Å². The second-order valence-electron chi connectivity index (χ2n) is 5.77. The fraction of sp³-hybridized carbons (Fsp3) is 0.923. The van der Waals surface area contributed by atoms with Crippen LogP contribution in [0.25, 0.3) is 0 Å². The Labute approximate surface area is 105 Å². The molecule has 4 heteroatoms. The molecular weight excluding hydrogens is 214 g/mol. The fourth-order valence-corrected chi connectivity index (χ4v) is 2.83. The summed E-state index contributed by atoms with van der Waals surface area (Å²) in [6, 6.07) is 0. The van der Waals surface area contributed by atoms with Gasteiger partial charge in [-0.05, 0) is 25.8 Å². The molecule has 0 spiro atoms. The highest BCUT2D eigenvalue weighted by molar-refractivity contribution is 5.77. The van der Waals surface area contributed by atoms with Crippen molar-refractivity contribution < 1.29 is 4.79 Å². The minimum absolute atomic E-state index is 0.0311. The van der Waals surface area contributed by atoms with E-state index in [1.165, 1.54) is 12.8 Å². The van der Waals surface area contributed by atoms with Gasteiger partial charge in [-0.25, -0.2) is 0 Å². The van der Waals surface area contributed by atoms with E-state index in [9.17, 15) is 4.79 Å². The van der Waals surface area contributed by atoms with Crippen molar-refractivity contribution in [3.8, 4) is 0 Å². The predicted octanol–water partition coefficient (Wildman–Crippen LogP) is 0.914. The summed E-state index contributed by atoms with van der Waals surface area (Å²) in [5.74, 6) is 0.864. The first-order chi connectivity index (χ1) is 7.91. The molecule has 1 fully saturated rings. The van der Waals surface area contributed by atoms with E-state index in [-0.39, 0.29) is 11.4 Å². The molecule has 2 unspecified atom stereocenters. The molecule has 0 saturated heterocycles. The zero-order valence-electron chi connectivity index (χ0n) is 11.7. The number of nitrogens with two attached hydrogens (primary N) is 1. The molecule has 0 aliphatic heterocycles. The van der Waals surface area contributed by atoms with Crippen molar-refractivity contribution in [2.75, 3.05) is 34.2 Å². The van der Waals surface area contributed by atoms with Crippen LogP contribution in [0, 0.1) is 5.92 Å². The Kier molecular flexibility index (Phi) is 4.95. The summed E-state index contributed by atoms with van der Waals surface area (Å²) in [5, 5.41) is 0. The summed E-state index contributed by atoms with van der Waals surface area (Å²) < 4.78 is 0. The summed E-state index contributed by atoms with van der Waals surface area (Å²) >= 11 is 0. The Morgan fingerprint density at radius 2 is 2.06 bits per heavy atom. The van der Waals surface area contributed by atoms with Gasteiger partial charge in [0.2, 0.25) is 5.91 Å². The summed E-state index contributed by atoms with van der Waals surface area (Å²) in [5.41, 5.74) is 6.02. The molecule has 1 aliphatic rings. The number of amides is 1. The number of carbonyl (C=O) groups is 1. The number of likely N-dealkylation sites (N-methyl/N-ethyl adjacent to an activating group) is 2. The maximum absolute atomic E-state index is 11.8. The molecule has 17 heavy (non-hydrogen) atoms. The average molecular weight is 241 g/mol. The van der Waals surface area contributed by atoms with Crippen LogP contribution in [-0.2, 0) is 4.79 Å². The van der Waals surface area contributed by atoms with E-state index in [4.69, 9.17) is 5.73 Å². The summed E-state index contributed by atoms with van der Waals surface area (Å²) in [6.07, 6.45) is 4.74. The van der Waals surface area contributed by atoms with E-state index in [1.807, 2.05) is 7.05 Å². The van der Waals surface area contributed by atoms with Gasteiger partial charge >= 0.3 is 0 Å². The maximum atomic E-state index is 11.8. The van der Waals surface area contributed by atoms with Crippen molar-refractivity contribution in [2.24, 2.45) is 11.7 Å². The smallest absolute Gasteiger partial charge is 0.236 e. The first kappa shape index (κ1) is 14.5. The van der Waals surface area contributed by atoms with E-state index >= 15 is 0 Å². The van der Waals surface area contributed by atoms with Gasteiger partial charge in [-0.1, -0.05) is 19.8 Å². The molecule has 0 heterocycles. The van der Waals surface area contributed by atoms with Crippen LogP contribution < -0.4 is 5.73 Å². The molecule has 1 aliphatic carbocycles. The van der Waals surface area contributed by atoms with Gasteiger partial charge in [-0.15, -0.1) is 0 Å². The van der Waals surface area contributed by atoms with Crippen LogP contribution in [0.4, 0.5) is 0 Å². The standard InChI is InChI=1S/C13H27N3O/c1-11-6-5-7-13(8-11,10-14)16(4)9-12(17)15(2)3/h11H,5-10,14H2,1-4H3. The van der Waals surface area contributed by atoms with Crippen molar-refractivity contribution in [3.63, 3.8) is 0 Å². The Morgan fingerprint density at radius 1 is 1.41 bits per heavy atom. The van der Waals surface area contributed by atoms with Gasteiger partial charge < -0.3 is 10.6 Å². The van der Waals surface area contributed by atoms with Crippen molar-refractivity contribution in [3.05, 3.63) is 0 Å². The molecule has 0 aromatic rings. The zero-order chi connectivity index (χ0) is 13.1. The van der Waals surface area contributed by atoms with Crippen LogP contribution in [0.5, 0.6) is 0 Å². The Bertz CT molecular complexity index is 267. The van der Waals surface area contributed by atoms with Crippen molar-refractivity contribution >= 4 is 5.91 Å². The highest BCUT2D eigenvalue weighted by Crippen LogP contribution is 2.35. The molecule has 1 saturated carbocycles. The van der Waals surface area contributed by atoms with Gasteiger partial charge in [0, 0.05) is 26.2 Å². The second kappa shape index (κ2) is 5.83. The lowest BCUT2D eigenvalue weighted by atomic mass is 9.75. The minimum Gasteiger partial charge on any atom is -0.348 e. The quantitative estimate of drug-likeness (QED) is 0.796. The molecule has 0 aromatic heterocycles. The molecule has 100 valence electrons. The molecule has 1 rings (SSSR count). The van der Waals surface area contributed by atoms with E-state index in [1.54, 1.807) is 19.0 Å². The van der Waals surface area contributed by atoms with Gasteiger partial charge in [0.15, 0.2) is 0 Å². The van der Waals surface area contributed by atoms with Crippen LogP contribution in [0.2, 0.25) is 0 Å². The molecule has 0 aromatic carbocycles. The Balaban J connectivity index is 2.68. The van der Waals surface area contributed by atoms with Gasteiger partial charge in [0.05, 0.1) is 6.54 Å². The molecule has 4 nitrogen and oxygen atoms in total. The minimum atomic E-state index is 0.0311. The highest BCUT2D eigenvalue weighted by Gasteiger charge is 2.37. The van der Waals surface area contributed by atoms with E-state index in [2.05, 4.69) is 11.8 Å². The molecule has 0 radical (unpaired) electrons. The molecule has 1 amide bonds. The monoisotopic (exact) mass is 241 g/mol. The number of carbonyl (C=O) groups excluding carboxylic acids is 1. The summed E-state index contributed by atoms with van der Waals surface area (Å²) in [6.45, 7) is 3.40. The Morgan fingerprint density at radius 3 is 2.53 bits per heavy atom. The number of nitrogens with zero attached hydrogens (tertiary/aromatic N) is 2. The lowest BCUT2D eigenvalue weighted by Crippen LogP contribution is -2.56. The molecule has 0 bridgehead atoms.